The summed E-state index contributed by atoms with van der Waals surface area (Å²) in [6, 6.07) is 0. The number of hydrogen-bond acceptors (Lipinski definition) is 3. The van der Waals surface area contributed by atoms with Crippen molar-refractivity contribution < 1.29 is 0 Å². The molecule has 1 saturated heterocycles. The van der Waals surface area contributed by atoms with E-state index in [0.717, 1.165) is 12.4 Å². The van der Waals surface area contributed by atoms with Crippen LogP contribution in [0, 0.1) is 0 Å². The van der Waals surface area contributed by atoms with E-state index in [1.54, 1.807) is 0 Å². The van der Waals surface area contributed by atoms with E-state index in [1.165, 1.54) is 32.4 Å². The van der Waals surface area contributed by atoms with Gasteiger partial charge in [-0.15, -0.1) is 0 Å². The van der Waals surface area contributed by atoms with Crippen LogP contribution in [0.4, 0.5) is 5.82 Å². The summed E-state index contributed by atoms with van der Waals surface area (Å²) in [7, 11) is 2.00. The summed E-state index contributed by atoms with van der Waals surface area (Å²) in [5.74, 6) is 1.70. The summed E-state index contributed by atoms with van der Waals surface area (Å²) >= 11 is 0. The van der Waals surface area contributed by atoms with E-state index in [-0.39, 0.29) is 0 Å². The van der Waals surface area contributed by atoms with Crippen LogP contribution >= 0.6 is 0 Å². The van der Waals surface area contributed by atoms with Gasteiger partial charge in [0.05, 0.1) is 6.54 Å². The van der Waals surface area contributed by atoms with Crippen molar-refractivity contribution in [2.75, 3.05) is 18.8 Å². The van der Waals surface area contributed by atoms with Gasteiger partial charge in [-0.3, -0.25) is 4.90 Å². The first-order chi connectivity index (χ1) is 6.75. The molecule has 0 atom stereocenters. The van der Waals surface area contributed by atoms with Crippen LogP contribution in [0.15, 0.2) is 6.20 Å². The predicted molar refractivity (Wildman–Crippen MR) is 56.7 cm³/mol. The Labute approximate surface area is 84.7 Å². The number of aryl methyl sites for hydroxylation is 1. The highest BCUT2D eigenvalue weighted by atomic mass is 15.2. The first kappa shape index (κ1) is 9.52. The van der Waals surface area contributed by atoms with Crippen molar-refractivity contribution in [1.29, 1.82) is 0 Å². The van der Waals surface area contributed by atoms with Crippen molar-refractivity contribution in [1.82, 2.24) is 14.5 Å². The van der Waals surface area contributed by atoms with Gasteiger partial charge in [-0.05, 0) is 25.9 Å². The third-order valence-corrected chi connectivity index (χ3v) is 2.80. The zero-order valence-corrected chi connectivity index (χ0v) is 8.74. The summed E-state index contributed by atoms with van der Waals surface area (Å²) in [4.78, 5) is 6.75. The van der Waals surface area contributed by atoms with Crippen molar-refractivity contribution in [2.24, 2.45) is 7.05 Å². The van der Waals surface area contributed by atoms with Crippen LogP contribution in [-0.2, 0) is 13.6 Å². The second-order valence-electron chi connectivity index (χ2n) is 4.03. The smallest absolute Gasteiger partial charge is 0.141 e. The van der Waals surface area contributed by atoms with Gasteiger partial charge < -0.3 is 10.3 Å². The molecule has 4 nitrogen and oxygen atoms in total. The van der Waals surface area contributed by atoms with Gasteiger partial charge in [-0.25, -0.2) is 4.98 Å². The second-order valence-corrected chi connectivity index (χ2v) is 4.03. The van der Waals surface area contributed by atoms with Crippen LogP contribution in [0.2, 0.25) is 0 Å². The summed E-state index contributed by atoms with van der Waals surface area (Å²) in [6.45, 7) is 3.34. The van der Waals surface area contributed by atoms with E-state index < -0.39 is 0 Å². The topological polar surface area (TPSA) is 47.1 Å². The molecule has 2 rings (SSSR count). The molecule has 2 N–H and O–H groups in total. The van der Waals surface area contributed by atoms with Crippen LogP contribution in [-0.4, -0.2) is 27.5 Å². The van der Waals surface area contributed by atoms with Crippen LogP contribution in [0.5, 0.6) is 0 Å². The summed E-state index contributed by atoms with van der Waals surface area (Å²) in [5, 5.41) is 0. The first-order valence-electron chi connectivity index (χ1n) is 5.26. The Kier molecular flexibility index (Phi) is 2.72. The molecule has 0 aliphatic carbocycles. The Balaban J connectivity index is 1.98. The Bertz CT molecular complexity index is 299. The molecule has 1 aliphatic rings. The van der Waals surface area contributed by atoms with Gasteiger partial charge in [0.25, 0.3) is 0 Å². The molecule has 0 spiro atoms. The average molecular weight is 194 g/mol. The molecule has 14 heavy (non-hydrogen) atoms. The maximum atomic E-state index is 5.63. The molecule has 0 amide bonds. The zero-order valence-electron chi connectivity index (χ0n) is 8.74. The third-order valence-electron chi connectivity index (χ3n) is 2.80. The highest BCUT2D eigenvalue weighted by Crippen LogP contribution is 2.12. The number of aromatic nitrogens is 2. The van der Waals surface area contributed by atoms with Crippen LogP contribution in [0.3, 0.4) is 0 Å². The highest BCUT2D eigenvalue weighted by molar-refractivity contribution is 5.25. The predicted octanol–water partition coefficient (Wildman–Crippen LogP) is 0.988. The lowest BCUT2D eigenvalue weighted by atomic mass is 10.1. The molecule has 1 fully saturated rings. The second kappa shape index (κ2) is 4.00. The monoisotopic (exact) mass is 194 g/mol. The van der Waals surface area contributed by atoms with Crippen molar-refractivity contribution in [3.05, 3.63) is 12.0 Å². The number of nitrogens with zero attached hydrogens (tertiary/aromatic N) is 3. The van der Waals surface area contributed by atoms with Crippen LogP contribution < -0.4 is 5.73 Å². The van der Waals surface area contributed by atoms with Crippen molar-refractivity contribution >= 4 is 5.82 Å². The first-order valence-corrected chi connectivity index (χ1v) is 5.26. The third kappa shape index (κ3) is 2.07. The highest BCUT2D eigenvalue weighted by Gasteiger charge is 2.12. The zero-order chi connectivity index (χ0) is 9.97. The summed E-state index contributed by atoms with van der Waals surface area (Å²) in [6.07, 6.45) is 5.89. The number of imidazole rings is 1. The fourth-order valence-corrected chi connectivity index (χ4v) is 1.99. The fourth-order valence-electron chi connectivity index (χ4n) is 1.99. The molecule has 0 radical (unpaired) electrons. The number of anilines is 1. The van der Waals surface area contributed by atoms with E-state index in [0.29, 0.717) is 5.82 Å². The molecule has 0 saturated carbocycles. The number of likely N-dealkylation sites (tertiary alicyclic amines) is 1. The minimum absolute atomic E-state index is 0.625. The molecular formula is C10H18N4. The van der Waals surface area contributed by atoms with E-state index in [4.69, 9.17) is 5.73 Å². The molecule has 1 aromatic rings. The Morgan fingerprint density at radius 2 is 2.07 bits per heavy atom. The SMILES string of the molecule is Cn1cc(N)nc1CN1CCCCC1. The van der Waals surface area contributed by atoms with Crippen molar-refractivity contribution in [3.63, 3.8) is 0 Å². The number of hydrogen-bond donors (Lipinski definition) is 1. The molecule has 78 valence electrons. The normalized spacial score (nSPS) is 18.6. The minimum atomic E-state index is 0.625. The standard InChI is InChI=1S/C10H18N4/c1-13-7-9(11)12-10(13)8-14-5-3-2-4-6-14/h7H,2-6,8,11H2,1H3. The lowest BCUT2D eigenvalue weighted by molar-refractivity contribution is 0.214. The molecule has 4 heteroatoms. The summed E-state index contributed by atoms with van der Waals surface area (Å²) in [5.41, 5.74) is 5.63. The minimum Gasteiger partial charge on any atom is -0.382 e. The molecule has 1 aromatic heterocycles. The van der Waals surface area contributed by atoms with Crippen molar-refractivity contribution in [3.8, 4) is 0 Å². The molecule has 0 aromatic carbocycles. The van der Waals surface area contributed by atoms with Gasteiger partial charge in [-0.2, -0.15) is 0 Å². The van der Waals surface area contributed by atoms with Gasteiger partial charge >= 0.3 is 0 Å². The molecule has 0 bridgehead atoms. The van der Waals surface area contributed by atoms with Crippen LogP contribution in [0.25, 0.3) is 0 Å². The number of piperidine rings is 1. The van der Waals surface area contributed by atoms with Gasteiger partial charge in [-0.1, -0.05) is 6.42 Å². The maximum absolute atomic E-state index is 5.63. The Morgan fingerprint density at radius 1 is 1.36 bits per heavy atom. The lowest BCUT2D eigenvalue weighted by Crippen LogP contribution is -2.30. The van der Waals surface area contributed by atoms with E-state index in [1.807, 2.05) is 17.8 Å². The van der Waals surface area contributed by atoms with Gasteiger partial charge in [0.15, 0.2) is 0 Å². The Morgan fingerprint density at radius 3 is 2.64 bits per heavy atom. The molecule has 1 aliphatic heterocycles. The van der Waals surface area contributed by atoms with E-state index >= 15 is 0 Å². The summed E-state index contributed by atoms with van der Waals surface area (Å²) < 4.78 is 2.02. The maximum Gasteiger partial charge on any atom is 0.141 e. The fraction of sp³-hybridized carbons (Fsp3) is 0.700. The molecular weight excluding hydrogens is 176 g/mol. The van der Waals surface area contributed by atoms with Gasteiger partial charge in [0, 0.05) is 13.2 Å². The van der Waals surface area contributed by atoms with Crippen molar-refractivity contribution in [2.45, 2.75) is 25.8 Å². The number of rotatable bonds is 2. The Hall–Kier alpha value is -1.03. The quantitative estimate of drug-likeness (QED) is 0.763. The van der Waals surface area contributed by atoms with Gasteiger partial charge in [0.2, 0.25) is 0 Å². The van der Waals surface area contributed by atoms with E-state index in [9.17, 15) is 0 Å². The van der Waals surface area contributed by atoms with E-state index in [2.05, 4.69) is 9.88 Å². The van der Waals surface area contributed by atoms with Crippen LogP contribution in [0.1, 0.15) is 25.1 Å². The number of nitrogen functional groups attached to an aromatic ring is 1. The molecule has 2 heterocycles. The average Bonchev–Trinajstić information content (AvgIpc) is 2.47. The molecule has 0 unspecified atom stereocenters. The van der Waals surface area contributed by atoms with Gasteiger partial charge in [0.1, 0.15) is 11.6 Å². The largest absolute Gasteiger partial charge is 0.382 e. The number of nitrogens with two attached hydrogens (primary N) is 1. The lowest BCUT2D eigenvalue weighted by Gasteiger charge is -2.25.